The van der Waals surface area contributed by atoms with Gasteiger partial charge in [-0.25, -0.2) is 0 Å². The van der Waals surface area contributed by atoms with E-state index in [1.807, 2.05) is 55.9 Å². The summed E-state index contributed by atoms with van der Waals surface area (Å²) in [4.78, 5) is 15.6. The Hall–Kier alpha value is -3.03. The van der Waals surface area contributed by atoms with Crippen LogP contribution < -0.4 is 0 Å². The summed E-state index contributed by atoms with van der Waals surface area (Å²) in [7, 11) is 1.81. The topological polar surface area (TPSA) is 40.9 Å². The molecule has 0 spiro atoms. The van der Waals surface area contributed by atoms with E-state index in [4.69, 9.17) is 0 Å². The Bertz CT molecular complexity index is 874. The lowest BCUT2D eigenvalue weighted by atomic mass is 9.97. The summed E-state index contributed by atoms with van der Waals surface area (Å²) < 4.78 is 0. The lowest BCUT2D eigenvalue weighted by Gasteiger charge is -2.24. The highest BCUT2D eigenvalue weighted by Gasteiger charge is 2.17. The van der Waals surface area contributed by atoms with Crippen LogP contribution >= 0.6 is 0 Å². The van der Waals surface area contributed by atoms with Crippen molar-refractivity contribution in [1.82, 2.24) is 9.88 Å². The Morgan fingerprint density at radius 2 is 2.19 bits per heavy atom. The molecule has 130 valence electrons. The van der Waals surface area contributed by atoms with Crippen molar-refractivity contribution < 1.29 is 0 Å². The number of aliphatic imine (C=N–C) groups is 2. The molecule has 4 heteroatoms. The summed E-state index contributed by atoms with van der Waals surface area (Å²) in [6.45, 7) is 6.21. The van der Waals surface area contributed by atoms with Gasteiger partial charge in [-0.15, -0.1) is 0 Å². The maximum absolute atomic E-state index is 4.47. The second-order valence-electron chi connectivity index (χ2n) is 6.08. The Morgan fingerprint density at radius 3 is 3.00 bits per heavy atom. The smallest absolute Gasteiger partial charge is 0.104 e. The fourth-order valence-electron chi connectivity index (χ4n) is 2.92. The van der Waals surface area contributed by atoms with Gasteiger partial charge in [-0.3, -0.25) is 19.9 Å². The minimum atomic E-state index is 0.665. The van der Waals surface area contributed by atoms with Crippen LogP contribution in [0, 0.1) is 11.8 Å². The maximum atomic E-state index is 4.47. The standard InChI is InChI=1S/C22H22N4/c1-18-9-8-10-19(22(18)23-2)15-26(17-21-12-5-7-14-25-21)16-20-11-4-3-6-13-24-20/h5-10,12-14H,1,3,15-17H2,2H3. The van der Waals surface area contributed by atoms with Gasteiger partial charge in [0, 0.05) is 45.5 Å². The molecule has 0 saturated heterocycles. The van der Waals surface area contributed by atoms with E-state index in [0.717, 1.165) is 47.8 Å². The Kier molecular flexibility index (Phi) is 6.08. The lowest BCUT2D eigenvalue weighted by molar-refractivity contribution is 0.330. The summed E-state index contributed by atoms with van der Waals surface area (Å²) >= 11 is 0. The molecule has 0 amide bonds. The zero-order chi connectivity index (χ0) is 18.2. The van der Waals surface area contributed by atoms with Gasteiger partial charge in [0.2, 0.25) is 0 Å². The van der Waals surface area contributed by atoms with E-state index in [-0.39, 0.29) is 0 Å². The second kappa shape index (κ2) is 8.89. The molecule has 26 heavy (non-hydrogen) atoms. The van der Waals surface area contributed by atoms with Gasteiger partial charge in [0.25, 0.3) is 0 Å². The minimum Gasteiger partial charge on any atom is -0.288 e. The highest BCUT2D eigenvalue weighted by molar-refractivity contribution is 6.15. The van der Waals surface area contributed by atoms with Crippen molar-refractivity contribution in [3.63, 3.8) is 0 Å². The molecule has 0 aromatic carbocycles. The van der Waals surface area contributed by atoms with Gasteiger partial charge >= 0.3 is 0 Å². The van der Waals surface area contributed by atoms with Gasteiger partial charge in [-0.1, -0.05) is 42.9 Å². The quantitative estimate of drug-likeness (QED) is 0.744. The van der Waals surface area contributed by atoms with Crippen LogP contribution in [0.3, 0.4) is 0 Å². The van der Waals surface area contributed by atoms with E-state index >= 15 is 0 Å². The molecule has 1 aliphatic carbocycles. The highest BCUT2D eigenvalue weighted by Crippen LogP contribution is 2.16. The van der Waals surface area contributed by atoms with Crippen molar-refractivity contribution in [2.24, 2.45) is 9.98 Å². The number of allylic oxidation sites excluding steroid dienone is 5. The third-order valence-electron chi connectivity index (χ3n) is 4.09. The van der Waals surface area contributed by atoms with Crippen LogP contribution in [0.2, 0.25) is 0 Å². The minimum absolute atomic E-state index is 0.665. The van der Waals surface area contributed by atoms with E-state index in [2.05, 4.69) is 44.4 Å². The number of hydrogen-bond donors (Lipinski definition) is 0. The van der Waals surface area contributed by atoms with Crippen LogP contribution in [0.1, 0.15) is 12.1 Å². The van der Waals surface area contributed by atoms with Gasteiger partial charge in [0.15, 0.2) is 0 Å². The molecule has 1 aromatic heterocycles. The molecule has 0 bridgehead atoms. The van der Waals surface area contributed by atoms with Crippen molar-refractivity contribution in [2.45, 2.75) is 13.0 Å². The molecule has 4 nitrogen and oxygen atoms in total. The first kappa shape index (κ1) is 17.8. The van der Waals surface area contributed by atoms with Gasteiger partial charge in [-0.05, 0) is 29.2 Å². The molecule has 0 radical (unpaired) electrons. The molecule has 3 rings (SSSR count). The molecule has 0 saturated carbocycles. The zero-order valence-corrected chi connectivity index (χ0v) is 15.0. The second-order valence-corrected chi connectivity index (χ2v) is 6.08. The first-order valence-electron chi connectivity index (χ1n) is 8.63. The van der Waals surface area contributed by atoms with E-state index in [0.29, 0.717) is 6.54 Å². The largest absolute Gasteiger partial charge is 0.288 e. The van der Waals surface area contributed by atoms with E-state index in [1.165, 1.54) is 0 Å². The Labute approximate surface area is 155 Å². The van der Waals surface area contributed by atoms with Gasteiger partial charge in [-0.2, -0.15) is 0 Å². The van der Waals surface area contributed by atoms with Crippen LogP contribution in [0.5, 0.6) is 0 Å². The third-order valence-corrected chi connectivity index (χ3v) is 4.09. The van der Waals surface area contributed by atoms with E-state index < -0.39 is 0 Å². The van der Waals surface area contributed by atoms with Crippen molar-refractivity contribution in [3.8, 4) is 11.8 Å². The third kappa shape index (κ3) is 4.75. The number of pyridine rings is 1. The van der Waals surface area contributed by atoms with Gasteiger partial charge < -0.3 is 0 Å². The Balaban J connectivity index is 1.82. The van der Waals surface area contributed by atoms with E-state index in [9.17, 15) is 0 Å². The molecular weight excluding hydrogens is 320 g/mol. The summed E-state index contributed by atoms with van der Waals surface area (Å²) in [5, 5.41) is 0. The number of aromatic nitrogens is 1. The molecule has 1 aromatic rings. The van der Waals surface area contributed by atoms with E-state index in [1.54, 1.807) is 0 Å². The fraction of sp³-hybridized carbons (Fsp3) is 0.227. The predicted octanol–water partition coefficient (Wildman–Crippen LogP) is 3.37. The molecule has 2 heterocycles. The van der Waals surface area contributed by atoms with Crippen LogP contribution in [0.25, 0.3) is 0 Å². The zero-order valence-electron chi connectivity index (χ0n) is 15.0. The number of hydrogen-bond acceptors (Lipinski definition) is 4. The summed E-state index contributed by atoms with van der Waals surface area (Å²) in [6, 6.07) is 5.98. The molecule has 2 aliphatic rings. The first-order chi connectivity index (χ1) is 12.8. The number of nitrogens with zero attached hydrogens (tertiary/aromatic N) is 4. The fourth-order valence-corrected chi connectivity index (χ4v) is 2.92. The molecule has 1 aliphatic heterocycles. The van der Waals surface area contributed by atoms with Crippen LogP contribution in [0.15, 0.2) is 82.6 Å². The summed E-state index contributed by atoms with van der Waals surface area (Å²) in [5.74, 6) is 6.29. The molecule has 0 atom stereocenters. The average Bonchev–Trinajstić information content (AvgIpc) is 2.91. The Morgan fingerprint density at radius 1 is 1.27 bits per heavy atom. The van der Waals surface area contributed by atoms with Crippen LogP contribution in [0.4, 0.5) is 0 Å². The maximum Gasteiger partial charge on any atom is 0.104 e. The molecule has 0 unspecified atom stereocenters. The van der Waals surface area contributed by atoms with Crippen molar-refractivity contribution >= 4 is 11.4 Å². The van der Waals surface area contributed by atoms with Crippen molar-refractivity contribution in [2.75, 3.05) is 20.1 Å². The average molecular weight is 342 g/mol. The lowest BCUT2D eigenvalue weighted by Crippen LogP contribution is -2.33. The predicted molar refractivity (Wildman–Crippen MR) is 108 cm³/mol. The van der Waals surface area contributed by atoms with Gasteiger partial charge in [0.05, 0.1) is 11.4 Å². The monoisotopic (exact) mass is 342 g/mol. The van der Waals surface area contributed by atoms with Crippen molar-refractivity contribution in [3.05, 3.63) is 78.3 Å². The molecule has 0 N–H and O–H groups in total. The summed E-state index contributed by atoms with van der Waals surface area (Å²) in [6.07, 6.45) is 12.5. The molecule has 0 fully saturated rings. The first-order valence-corrected chi connectivity index (χ1v) is 8.63. The van der Waals surface area contributed by atoms with Crippen LogP contribution in [-0.2, 0) is 6.54 Å². The van der Waals surface area contributed by atoms with Crippen molar-refractivity contribution in [1.29, 1.82) is 0 Å². The SMILES string of the molecule is C=C1C=CC=C(CN(CC2=NC=CCC#C2)Cc2ccccn2)C1=NC. The number of rotatable bonds is 6. The summed E-state index contributed by atoms with van der Waals surface area (Å²) in [5.41, 5.74) is 4.93. The van der Waals surface area contributed by atoms with Crippen LogP contribution in [-0.4, -0.2) is 41.4 Å². The normalized spacial score (nSPS) is 17.6. The van der Waals surface area contributed by atoms with Gasteiger partial charge in [0.1, 0.15) is 5.71 Å². The molecular formula is C22H22N4. The highest BCUT2D eigenvalue weighted by atomic mass is 15.1.